The molecule has 2 rings (SSSR count). The highest BCUT2D eigenvalue weighted by Crippen LogP contribution is 2.41. The molecule has 0 radical (unpaired) electrons. The molecule has 0 fully saturated rings. The van der Waals surface area contributed by atoms with Crippen LogP contribution in [-0.4, -0.2) is 20.1 Å². The van der Waals surface area contributed by atoms with Crippen molar-refractivity contribution in [3.05, 3.63) is 17.7 Å². The summed E-state index contributed by atoms with van der Waals surface area (Å²) in [6, 6.07) is 3.57. The van der Waals surface area contributed by atoms with Gasteiger partial charge in [-0.15, -0.1) is 0 Å². The van der Waals surface area contributed by atoms with Gasteiger partial charge in [0.2, 0.25) is 12.5 Å². The van der Waals surface area contributed by atoms with Gasteiger partial charge >= 0.3 is 0 Å². The van der Waals surface area contributed by atoms with Crippen LogP contribution in [0, 0.1) is 0 Å². The van der Waals surface area contributed by atoms with Crippen molar-refractivity contribution in [3.63, 3.8) is 0 Å². The third-order valence-electron chi connectivity index (χ3n) is 1.90. The van der Waals surface area contributed by atoms with Crippen molar-refractivity contribution in [3.8, 4) is 17.2 Å². The number of ether oxygens (including phenoxy) is 3. The van der Waals surface area contributed by atoms with E-state index in [1.165, 1.54) is 6.21 Å². The Morgan fingerprint density at radius 1 is 1.50 bits per heavy atom. The molecule has 0 unspecified atom stereocenters. The van der Waals surface area contributed by atoms with Gasteiger partial charge in [0.1, 0.15) is 0 Å². The Morgan fingerprint density at radius 3 is 3.07 bits per heavy atom. The summed E-state index contributed by atoms with van der Waals surface area (Å²) in [5, 5.41) is 3.43. The van der Waals surface area contributed by atoms with Crippen LogP contribution >= 0.6 is 0 Å². The van der Waals surface area contributed by atoms with Crippen LogP contribution in [0.4, 0.5) is 0 Å². The van der Waals surface area contributed by atoms with E-state index in [0.29, 0.717) is 17.2 Å². The minimum absolute atomic E-state index is 0.217. The molecule has 0 aliphatic carbocycles. The normalized spacial score (nSPS) is 13.5. The predicted octanol–water partition coefficient (Wildman–Crippen LogP) is 0.717. The Balaban J connectivity index is 2.49. The van der Waals surface area contributed by atoms with Crippen LogP contribution in [0.3, 0.4) is 0 Å². The van der Waals surface area contributed by atoms with Crippen molar-refractivity contribution in [2.24, 2.45) is 10.9 Å². The lowest BCUT2D eigenvalue weighted by Crippen LogP contribution is -1.93. The second-order valence-electron chi connectivity index (χ2n) is 2.74. The van der Waals surface area contributed by atoms with Crippen molar-refractivity contribution < 1.29 is 14.2 Å². The van der Waals surface area contributed by atoms with Gasteiger partial charge in [0, 0.05) is 5.56 Å². The number of methoxy groups -OCH3 is 1. The lowest BCUT2D eigenvalue weighted by Gasteiger charge is -2.04. The van der Waals surface area contributed by atoms with Crippen molar-refractivity contribution >= 4 is 6.21 Å². The molecular formula is C9H10N2O3. The maximum Gasteiger partial charge on any atom is 0.231 e. The molecule has 0 saturated carbocycles. The highest BCUT2D eigenvalue weighted by atomic mass is 16.7. The number of hydrogen-bond donors (Lipinski definition) is 1. The Labute approximate surface area is 81.1 Å². The first-order valence-corrected chi connectivity index (χ1v) is 4.06. The molecule has 0 saturated heterocycles. The minimum Gasteiger partial charge on any atom is -0.493 e. The van der Waals surface area contributed by atoms with Crippen molar-refractivity contribution in [2.75, 3.05) is 13.9 Å². The van der Waals surface area contributed by atoms with Crippen LogP contribution in [0.2, 0.25) is 0 Å². The molecule has 1 aliphatic heterocycles. The van der Waals surface area contributed by atoms with E-state index in [0.717, 1.165) is 5.56 Å². The van der Waals surface area contributed by atoms with E-state index in [2.05, 4.69) is 5.10 Å². The molecule has 2 N–H and O–H groups in total. The quantitative estimate of drug-likeness (QED) is 0.428. The summed E-state index contributed by atoms with van der Waals surface area (Å²) in [7, 11) is 1.57. The summed E-state index contributed by atoms with van der Waals surface area (Å²) in [6.45, 7) is 0.217. The molecule has 1 aliphatic rings. The fraction of sp³-hybridized carbons (Fsp3) is 0.222. The largest absolute Gasteiger partial charge is 0.493 e. The Bertz CT molecular complexity index is 377. The second kappa shape index (κ2) is 3.45. The number of fused-ring (bicyclic) bond motifs is 1. The highest BCUT2D eigenvalue weighted by molar-refractivity contribution is 5.82. The summed E-state index contributed by atoms with van der Waals surface area (Å²) in [5.41, 5.74) is 0.814. The van der Waals surface area contributed by atoms with E-state index in [-0.39, 0.29) is 6.79 Å². The fourth-order valence-corrected chi connectivity index (χ4v) is 1.31. The van der Waals surface area contributed by atoms with E-state index in [9.17, 15) is 0 Å². The summed E-state index contributed by atoms with van der Waals surface area (Å²) >= 11 is 0. The molecule has 1 heterocycles. The van der Waals surface area contributed by atoms with Gasteiger partial charge in [-0.2, -0.15) is 5.10 Å². The first-order chi connectivity index (χ1) is 6.85. The molecular weight excluding hydrogens is 184 g/mol. The van der Waals surface area contributed by atoms with E-state index in [4.69, 9.17) is 20.1 Å². The van der Waals surface area contributed by atoms with E-state index >= 15 is 0 Å². The maximum absolute atomic E-state index is 5.23. The number of hydrogen-bond acceptors (Lipinski definition) is 5. The van der Waals surface area contributed by atoms with Gasteiger partial charge in [-0.1, -0.05) is 0 Å². The third kappa shape index (κ3) is 1.32. The summed E-state index contributed by atoms with van der Waals surface area (Å²) in [5.74, 6) is 6.95. The first kappa shape index (κ1) is 8.68. The molecule has 14 heavy (non-hydrogen) atoms. The number of benzene rings is 1. The number of hydrazone groups is 1. The lowest BCUT2D eigenvalue weighted by molar-refractivity contribution is 0.171. The highest BCUT2D eigenvalue weighted by Gasteiger charge is 2.19. The van der Waals surface area contributed by atoms with Crippen LogP contribution in [0.15, 0.2) is 17.2 Å². The number of rotatable bonds is 2. The number of nitrogens with zero attached hydrogens (tertiary/aromatic N) is 1. The summed E-state index contributed by atoms with van der Waals surface area (Å²) in [6.07, 6.45) is 1.52. The lowest BCUT2D eigenvalue weighted by atomic mass is 10.2. The molecule has 0 spiro atoms. The number of nitrogens with two attached hydrogens (primary N) is 1. The van der Waals surface area contributed by atoms with Crippen LogP contribution in [0.5, 0.6) is 17.2 Å². The molecule has 1 aromatic rings. The smallest absolute Gasteiger partial charge is 0.231 e. The van der Waals surface area contributed by atoms with Crippen LogP contribution in [-0.2, 0) is 0 Å². The first-order valence-electron chi connectivity index (χ1n) is 4.06. The van der Waals surface area contributed by atoms with E-state index < -0.39 is 0 Å². The van der Waals surface area contributed by atoms with Gasteiger partial charge in [0.15, 0.2) is 11.5 Å². The summed E-state index contributed by atoms with van der Waals surface area (Å²) < 4.78 is 15.6. The monoisotopic (exact) mass is 194 g/mol. The topological polar surface area (TPSA) is 66.1 Å². The summed E-state index contributed by atoms with van der Waals surface area (Å²) in [4.78, 5) is 0. The van der Waals surface area contributed by atoms with Gasteiger partial charge < -0.3 is 20.1 Å². The molecule has 1 aromatic carbocycles. The Morgan fingerprint density at radius 2 is 2.36 bits per heavy atom. The second-order valence-corrected chi connectivity index (χ2v) is 2.74. The van der Waals surface area contributed by atoms with Gasteiger partial charge in [0.05, 0.1) is 13.3 Å². The van der Waals surface area contributed by atoms with Crippen LogP contribution < -0.4 is 20.1 Å². The zero-order valence-electron chi connectivity index (χ0n) is 7.69. The molecule has 5 heteroatoms. The van der Waals surface area contributed by atoms with Gasteiger partial charge in [-0.05, 0) is 12.1 Å². The third-order valence-corrected chi connectivity index (χ3v) is 1.90. The fourth-order valence-electron chi connectivity index (χ4n) is 1.31. The van der Waals surface area contributed by atoms with Crippen LogP contribution in [0.1, 0.15) is 5.56 Å². The van der Waals surface area contributed by atoms with Gasteiger partial charge in [0.25, 0.3) is 0 Å². The van der Waals surface area contributed by atoms with E-state index in [1.807, 2.05) is 0 Å². The molecule has 5 nitrogen and oxygen atoms in total. The standard InChI is InChI=1S/C9H10N2O3/c1-12-7-2-6(4-11-10)3-8-9(7)14-5-13-8/h2-4H,5,10H2,1H3. The van der Waals surface area contributed by atoms with Crippen molar-refractivity contribution in [2.45, 2.75) is 0 Å². The molecule has 0 atom stereocenters. The van der Waals surface area contributed by atoms with Gasteiger partial charge in [-0.25, -0.2) is 0 Å². The SMILES string of the molecule is COc1cc(C=NN)cc2c1OCO2. The molecule has 0 aromatic heterocycles. The van der Waals surface area contributed by atoms with Crippen molar-refractivity contribution in [1.82, 2.24) is 0 Å². The van der Waals surface area contributed by atoms with Gasteiger partial charge in [-0.3, -0.25) is 0 Å². The zero-order chi connectivity index (χ0) is 9.97. The molecule has 0 bridgehead atoms. The maximum atomic E-state index is 5.23. The van der Waals surface area contributed by atoms with Crippen molar-refractivity contribution in [1.29, 1.82) is 0 Å². The Hall–Kier alpha value is -1.91. The zero-order valence-corrected chi connectivity index (χ0v) is 7.69. The van der Waals surface area contributed by atoms with Crippen LogP contribution in [0.25, 0.3) is 0 Å². The minimum atomic E-state index is 0.217. The predicted molar refractivity (Wildman–Crippen MR) is 50.9 cm³/mol. The molecule has 74 valence electrons. The average molecular weight is 194 g/mol. The Kier molecular flexibility index (Phi) is 2.14. The average Bonchev–Trinajstić information content (AvgIpc) is 2.65. The van der Waals surface area contributed by atoms with E-state index in [1.54, 1.807) is 19.2 Å². The molecule has 0 amide bonds.